The van der Waals surface area contributed by atoms with Crippen molar-refractivity contribution in [3.8, 4) is 6.07 Å². The summed E-state index contributed by atoms with van der Waals surface area (Å²) in [6, 6.07) is 4.48. The minimum absolute atomic E-state index is 0.552. The summed E-state index contributed by atoms with van der Waals surface area (Å²) >= 11 is 0. The van der Waals surface area contributed by atoms with Crippen LogP contribution in [0.1, 0.15) is 38.2 Å². The van der Waals surface area contributed by atoms with Gasteiger partial charge >= 0.3 is 0 Å². The Labute approximate surface area is 102 Å². The predicted molar refractivity (Wildman–Crippen MR) is 68.6 cm³/mol. The van der Waals surface area contributed by atoms with Gasteiger partial charge in [0.2, 0.25) is 0 Å². The first-order valence-electron chi connectivity index (χ1n) is 6.18. The molecule has 0 saturated heterocycles. The van der Waals surface area contributed by atoms with Crippen LogP contribution in [-0.4, -0.2) is 17.6 Å². The van der Waals surface area contributed by atoms with E-state index in [0.717, 1.165) is 25.2 Å². The molecule has 0 atom stereocenters. The summed E-state index contributed by atoms with van der Waals surface area (Å²) in [5.74, 6) is 0.803. The number of rotatable bonds is 5. The molecule has 0 unspecified atom stereocenters. The molecule has 1 saturated carbocycles. The van der Waals surface area contributed by atoms with Crippen LogP contribution in [0, 0.1) is 11.3 Å². The van der Waals surface area contributed by atoms with Gasteiger partial charge in [0, 0.05) is 12.6 Å². The van der Waals surface area contributed by atoms with Gasteiger partial charge < -0.3 is 10.6 Å². The van der Waals surface area contributed by atoms with Crippen molar-refractivity contribution < 1.29 is 0 Å². The lowest BCUT2D eigenvalue weighted by Crippen LogP contribution is -2.28. The molecule has 4 heteroatoms. The number of pyridine rings is 1. The molecule has 1 aromatic heterocycles. The van der Waals surface area contributed by atoms with E-state index in [1.54, 1.807) is 12.3 Å². The Balaban J connectivity index is 2.25. The maximum absolute atomic E-state index is 9.15. The molecule has 0 radical (unpaired) electrons. The van der Waals surface area contributed by atoms with Gasteiger partial charge in [0.15, 0.2) is 0 Å². The SMILES string of the molecule is CCCCN(c1ncc(N)cc1C#N)C1CC1. The fourth-order valence-corrected chi connectivity index (χ4v) is 1.96. The molecule has 0 bridgehead atoms. The van der Waals surface area contributed by atoms with Gasteiger partial charge in [-0.05, 0) is 25.3 Å². The summed E-state index contributed by atoms with van der Waals surface area (Å²) in [5.41, 5.74) is 6.81. The van der Waals surface area contributed by atoms with Crippen LogP contribution >= 0.6 is 0 Å². The Morgan fingerprint density at radius 1 is 1.59 bits per heavy atom. The zero-order valence-electron chi connectivity index (χ0n) is 10.2. The average molecular weight is 230 g/mol. The zero-order chi connectivity index (χ0) is 12.3. The number of nitrogens with zero attached hydrogens (tertiary/aromatic N) is 3. The first kappa shape index (κ1) is 11.7. The van der Waals surface area contributed by atoms with Crippen molar-refractivity contribution in [3.05, 3.63) is 17.8 Å². The van der Waals surface area contributed by atoms with Gasteiger partial charge in [-0.15, -0.1) is 0 Å². The summed E-state index contributed by atoms with van der Waals surface area (Å²) in [5, 5.41) is 9.15. The highest BCUT2D eigenvalue weighted by Gasteiger charge is 2.30. The second-order valence-electron chi connectivity index (χ2n) is 4.53. The topological polar surface area (TPSA) is 65.9 Å². The highest BCUT2D eigenvalue weighted by atomic mass is 15.2. The van der Waals surface area contributed by atoms with Crippen LogP contribution < -0.4 is 10.6 Å². The van der Waals surface area contributed by atoms with E-state index in [-0.39, 0.29) is 0 Å². The molecule has 1 fully saturated rings. The number of anilines is 2. The summed E-state index contributed by atoms with van der Waals surface area (Å²) in [6.45, 7) is 3.15. The monoisotopic (exact) mass is 230 g/mol. The number of hydrogen-bond acceptors (Lipinski definition) is 4. The predicted octanol–water partition coefficient (Wildman–Crippen LogP) is 2.30. The molecule has 2 rings (SSSR count). The Hall–Kier alpha value is -1.76. The Morgan fingerprint density at radius 2 is 2.35 bits per heavy atom. The standard InChI is InChI=1S/C13H18N4/c1-2-3-6-17(12-4-5-12)13-10(8-14)7-11(15)9-16-13/h7,9,12H,2-6,15H2,1H3. The van der Waals surface area contributed by atoms with Crippen LogP contribution in [0.3, 0.4) is 0 Å². The summed E-state index contributed by atoms with van der Waals surface area (Å²) in [6.07, 6.45) is 6.34. The van der Waals surface area contributed by atoms with E-state index in [9.17, 15) is 0 Å². The number of hydrogen-bond donors (Lipinski definition) is 1. The molecule has 0 aliphatic heterocycles. The number of nitrogen functional groups attached to an aromatic ring is 1. The fourth-order valence-electron chi connectivity index (χ4n) is 1.96. The van der Waals surface area contributed by atoms with E-state index < -0.39 is 0 Å². The molecule has 0 aromatic carbocycles. The van der Waals surface area contributed by atoms with Crippen molar-refractivity contribution >= 4 is 11.5 Å². The van der Waals surface area contributed by atoms with Gasteiger partial charge in [-0.2, -0.15) is 5.26 Å². The van der Waals surface area contributed by atoms with Crippen molar-refractivity contribution in [1.82, 2.24) is 4.98 Å². The first-order valence-corrected chi connectivity index (χ1v) is 6.18. The number of aromatic nitrogens is 1. The molecular formula is C13H18N4. The van der Waals surface area contributed by atoms with Crippen LogP contribution in [0.2, 0.25) is 0 Å². The zero-order valence-corrected chi connectivity index (χ0v) is 10.2. The molecule has 1 heterocycles. The third-order valence-electron chi connectivity index (χ3n) is 3.02. The van der Waals surface area contributed by atoms with Crippen LogP contribution in [0.5, 0.6) is 0 Å². The van der Waals surface area contributed by atoms with Gasteiger partial charge in [0.1, 0.15) is 11.9 Å². The van der Waals surface area contributed by atoms with Gasteiger partial charge in [-0.1, -0.05) is 13.3 Å². The molecular weight excluding hydrogens is 212 g/mol. The van der Waals surface area contributed by atoms with Crippen molar-refractivity contribution in [2.24, 2.45) is 0 Å². The molecule has 1 aliphatic carbocycles. The van der Waals surface area contributed by atoms with E-state index in [1.165, 1.54) is 12.8 Å². The number of nitriles is 1. The maximum atomic E-state index is 9.15. The summed E-state index contributed by atoms with van der Waals surface area (Å²) < 4.78 is 0. The quantitative estimate of drug-likeness (QED) is 0.843. The van der Waals surface area contributed by atoms with Gasteiger partial charge in [0.05, 0.1) is 17.4 Å². The highest BCUT2D eigenvalue weighted by molar-refractivity contribution is 5.59. The van der Waals surface area contributed by atoms with Gasteiger partial charge in [-0.3, -0.25) is 0 Å². The van der Waals surface area contributed by atoms with Gasteiger partial charge in [-0.25, -0.2) is 4.98 Å². The third kappa shape index (κ3) is 2.68. The lowest BCUT2D eigenvalue weighted by molar-refractivity contribution is 0.704. The second kappa shape index (κ2) is 5.05. The largest absolute Gasteiger partial charge is 0.397 e. The smallest absolute Gasteiger partial charge is 0.146 e. The van der Waals surface area contributed by atoms with E-state index in [1.807, 2.05) is 0 Å². The normalized spacial score (nSPS) is 14.4. The Morgan fingerprint density at radius 3 is 2.94 bits per heavy atom. The van der Waals surface area contributed by atoms with Crippen LogP contribution in [0.4, 0.5) is 11.5 Å². The highest BCUT2D eigenvalue weighted by Crippen LogP contribution is 2.32. The van der Waals surface area contributed by atoms with E-state index in [2.05, 4.69) is 22.9 Å². The van der Waals surface area contributed by atoms with E-state index in [0.29, 0.717) is 17.3 Å². The number of unbranched alkanes of at least 4 members (excludes halogenated alkanes) is 1. The molecule has 2 N–H and O–H groups in total. The van der Waals surface area contributed by atoms with Crippen molar-refractivity contribution in [2.75, 3.05) is 17.2 Å². The van der Waals surface area contributed by atoms with Crippen molar-refractivity contribution in [3.63, 3.8) is 0 Å². The van der Waals surface area contributed by atoms with Crippen LogP contribution in [0.25, 0.3) is 0 Å². The fraction of sp³-hybridized carbons (Fsp3) is 0.538. The van der Waals surface area contributed by atoms with Crippen LogP contribution in [0.15, 0.2) is 12.3 Å². The lowest BCUT2D eigenvalue weighted by atomic mass is 10.2. The van der Waals surface area contributed by atoms with Gasteiger partial charge in [0.25, 0.3) is 0 Å². The molecule has 90 valence electrons. The molecule has 0 amide bonds. The minimum atomic E-state index is 0.552. The molecule has 0 spiro atoms. The average Bonchev–Trinajstić information content (AvgIpc) is 3.15. The maximum Gasteiger partial charge on any atom is 0.146 e. The Bertz CT molecular complexity index is 432. The number of nitrogens with two attached hydrogens (primary N) is 1. The van der Waals surface area contributed by atoms with Crippen LogP contribution in [-0.2, 0) is 0 Å². The van der Waals surface area contributed by atoms with E-state index in [4.69, 9.17) is 11.0 Å². The third-order valence-corrected chi connectivity index (χ3v) is 3.02. The Kier molecular flexibility index (Phi) is 3.48. The summed E-state index contributed by atoms with van der Waals surface area (Å²) in [4.78, 5) is 6.61. The van der Waals surface area contributed by atoms with Crippen molar-refractivity contribution in [1.29, 1.82) is 5.26 Å². The molecule has 17 heavy (non-hydrogen) atoms. The lowest BCUT2D eigenvalue weighted by Gasteiger charge is -2.24. The molecule has 1 aliphatic rings. The molecule has 1 aromatic rings. The van der Waals surface area contributed by atoms with Crippen molar-refractivity contribution in [2.45, 2.75) is 38.6 Å². The first-order chi connectivity index (χ1) is 8.26. The molecule has 4 nitrogen and oxygen atoms in total. The van der Waals surface area contributed by atoms with E-state index >= 15 is 0 Å². The summed E-state index contributed by atoms with van der Waals surface area (Å²) in [7, 11) is 0. The second-order valence-corrected chi connectivity index (χ2v) is 4.53. The minimum Gasteiger partial charge on any atom is -0.397 e.